The van der Waals surface area contributed by atoms with Crippen molar-refractivity contribution in [3.8, 4) is 17.1 Å². The van der Waals surface area contributed by atoms with E-state index < -0.39 is 37.3 Å². The molecule has 0 amide bonds. The van der Waals surface area contributed by atoms with Gasteiger partial charge in [-0.25, -0.2) is 4.98 Å². The fraction of sp³-hybridized carbons (Fsp3) is 0.200. The SMILES string of the molecule is O=c1c(-c2nc3c4ccccc4c4ccccc4c3[nH]2)coc2cc(O[C@@H]3O[C@H](CO)[C@@H](O)[C@H](O)[C@H]3O)ccc12. The fourth-order valence-electron chi connectivity index (χ4n) is 5.40. The average Bonchev–Trinajstić information content (AvgIpc) is 3.43. The molecule has 1 aliphatic heterocycles. The van der Waals surface area contributed by atoms with Crippen LogP contribution in [0.5, 0.6) is 5.75 Å². The van der Waals surface area contributed by atoms with Gasteiger partial charge in [0.2, 0.25) is 11.7 Å². The molecule has 0 aliphatic carbocycles. The number of nitrogens with one attached hydrogen (secondary N) is 1. The first kappa shape index (κ1) is 24.7. The Hall–Kier alpha value is -4.32. The van der Waals surface area contributed by atoms with Crippen molar-refractivity contribution >= 4 is 43.5 Å². The van der Waals surface area contributed by atoms with Gasteiger partial charge >= 0.3 is 0 Å². The summed E-state index contributed by atoms with van der Waals surface area (Å²) in [4.78, 5) is 21.7. The lowest BCUT2D eigenvalue weighted by Crippen LogP contribution is -2.60. The smallest absolute Gasteiger partial charge is 0.229 e. The molecule has 202 valence electrons. The summed E-state index contributed by atoms with van der Waals surface area (Å²) in [5, 5.41) is 44.1. The van der Waals surface area contributed by atoms with Crippen molar-refractivity contribution in [3.63, 3.8) is 0 Å². The minimum atomic E-state index is -1.57. The van der Waals surface area contributed by atoms with Gasteiger partial charge in [0.15, 0.2) is 0 Å². The molecule has 1 fully saturated rings. The highest BCUT2D eigenvalue weighted by Crippen LogP contribution is 2.35. The van der Waals surface area contributed by atoms with Crippen LogP contribution in [0.2, 0.25) is 0 Å². The van der Waals surface area contributed by atoms with Gasteiger partial charge in [-0.2, -0.15) is 0 Å². The Labute approximate surface area is 225 Å². The molecule has 5 atom stereocenters. The number of ether oxygens (including phenoxy) is 2. The molecule has 1 aliphatic rings. The lowest BCUT2D eigenvalue weighted by atomic mass is 9.99. The number of hydrogen-bond acceptors (Lipinski definition) is 9. The number of aromatic nitrogens is 2. The second-order valence-corrected chi connectivity index (χ2v) is 9.85. The molecule has 3 heterocycles. The van der Waals surface area contributed by atoms with Crippen molar-refractivity contribution < 1.29 is 34.3 Å². The summed E-state index contributed by atoms with van der Waals surface area (Å²) < 4.78 is 16.9. The number of aliphatic hydroxyl groups excluding tert-OH is 4. The van der Waals surface area contributed by atoms with E-state index in [1.165, 1.54) is 24.5 Å². The van der Waals surface area contributed by atoms with E-state index in [2.05, 4.69) is 17.1 Å². The number of H-pyrrole nitrogens is 1. The highest BCUT2D eigenvalue weighted by molar-refractivity contribution is 6.23. The van der Waals surface area contributed by atoms with Crippen molar-refractivity contribution in [2.45, 2.75) is 30.7 Å². The lowest BCUT2D eigenvalue weighted by Gasteiger charge is -2.39. The summed E-state index contributed by atoms with van der Waals surface area (Å²) in [5.41, 5.74) is 1.77. The number of imidazole rings is 1. The Kier molecular flexibility index (Phi) is 5.81. The van der Waals surface area contributed by atoms with Crippen LogP contribution in [-0.4, -0.2) is 67.7 Å². The van der Waals surface area contributed by atoms with Gasteiger partial charge in [0.25, 0.3) is 0 Å². The molecule has 0 spiro atoms. The van der Waals surface area contributed by atoms with Crippen LogP contribution in [0.4, 0.5) is 0 Å². The minimum Gasteiger partial charge on any atom is -0.463 e. The highest BCUT2D eigenvalue weighted by Gasteiger charge is 2.44. The maximum Gasteiger partial charge on any atom is 0.229 e. The lowest BCUT2D eigenvalue weighted by molar-refractivity contribution is -0.277. The second kappa shape index (κ2) is 9.40. The summed E-state index contributed by atoms with van der Waals surface area (Å²) in [5.74, 6) is 0.572. The van der Waals surface area contributed by atoms with E-state index in [0.717, 1.165) is 32.6 Å². The molecule has 0 radical (unpaired) electrons. The van der Waals surface area contributed by atoms with Crippen molar-refractivity contribution in [2.24, 2.45) is 0 Å². The molecular weight excluding hydrogens is 516 g/mol. The van der Waals surface area contributed by atoms with E-state index in [9.17, 15) is 25.2 Å². The van der Waals surface area contributed by atoms with Crippen LogP contribution in [0.3, 0.4) is 0 Å². The third-order valence-electron chi connectivity index (χ3n) is 7.47. The standard InChI is InChI=1S/C30H24N2O8/c33-12-22-26(35)27(36)28(37)30(40-22)39-14-9-10-19-21(11-14)38-13-20(25(19)34)29-31-23-17-7-3-1-5-15(17)16-6-2-4-8-18(16)24(23)32-29/h1-11,13,22,26-28,30,33,35-37H,12H2,(H,31,32)/t22-,26-,27+,28-,30-/m1/s1. The van der Waals surface area contributed by atoms with E-state index >= 15 is 0 Å². The maximum atomic E-state index is 13.5. The van der Waals surface area contributed by atoms with Crippen molar-refractivity contribution in [1.82, 2.24) is 9.97 Å². The summed E-state index contributed by atoms with van der Waals surface area (Å²) in [7, 11) is 0. The van der Waals surface area contributed by atoms with Gasteiger partial charge in [-0.05, 0) is 22.9 Å². The minimum absolute atomic E-state index is 0.189. The molecule has 10 heteroatoms. The van der Waals surface area contributed by atoms with E-state index in [0.29, 0.717) is 5.82 Å². The van der Waals surface area contributed by atoms with Crippen molar-refractivity contribution in [3.05, 3.63) is 83.2 Å². The van der Waals surface area contributed by atoms with Gasteiger partial charge < -0.3 is 39.3 Å². The van der Waals surface area contributed by atoms with E-state index in [4.69, 9.17) is 18.9 Å². The van der Waals surface area contributed by atoms with Gasteiger partial charge in [-0.15, -0.1) is 0 Å². The predicted octanol–water partition coefficient (Wildman–Crippen LogP) is 2.82. The van der Waals surface area contributed by atoms with Crippen LogP contribution in [0.25, 0.3) is 54.9 Å². The largest absolute Gasteiger partial charge is 0.463 e. The first-order valence-electron chi connectivity index (χ1n) is 12.8. The number of hydrogen-bond donors (Lipinski definition) is 5. The summed E-state index contributed by atoms with van der Waals surface area (Å²) in [6.45, 7) is -0.576. The Morgan fingerprint density at radius 3 is 2.30 bits per heavy atom. The normalized spacial score (nSPS) is 23.4. The molecule has 0 saturated carbocycles. The molecule has 10 nitrogen and oxygen atoms in total. The average molecular weight is 541 g/mol. The predicted molar refractivity (Wildman–Crippen MR) is 147 cm³/mol. The zero-order valence-corrected chi connectivity index (χ0v) is 20.9. The first-order valence-corrected chi connectivity index (χ1v) is 12.8. The monoisotopic (exact) mass is 540 g/mol. The zero-order chi connectivity index (χ0) is 27.5. The van der Waals surface area contributed by atoms with Crippen molar-refractivity contribution in [2.75, 3.05) is 6.61 Å². The Balaban J connectivity index is 1.28. The van der Waals surface area contributed by atoms with Gasteiger partial charge in [-0.3, -0.25) is 4.79 Å². The molecule has 1 saturated heterocycles. The fourth-order valence-corrected chi connectivity index (χ4v) is 5.40. The highest BCUT2D eigenvalue weighted by atomic mass is 16.7. The number of benzene rings is 4. The molecule has 5 N–H and O–H groups in total. The molecule has 40 heavy (non-hydrogen) atoms. The van der Waals surface area contributed by atoms with Crippen LogP contribution in [0.15, 0.2) is 82.2 Å². The number of rotatable bonds is 4. The Bertz CT molecular complexity index is 1890. The second-order valence-electron chi connectivity index (χ2n) is 9.85. The molecule has 0 bridgehead atoms. The topological polar surface area (TPSA) is 158 Å². The molecule has 6 aromatic rings. The number of fused-ring (bicyclic) bond motifs is 7. The van der Waals surface area contributed by atoms with Crippen LogP contribution in [0, 0.1) is 0 Å². The third kappa shape index (κ3) is 3.77. The van der Waals surface area contributed by atoms with Crippen molar-refractivity contribution in [1.29, 1.82) is 0 Å². The summed E-state index contributed by atoms with van der Waals surface area (Å²) >= 11 is 0. The molecule has 7 rings (SSSR count). The zero-order valence-electron chi connectivity index (χ0n) is 20.9. The number of aromatic amines is 1. The van der Waals surface area contributed by atoms with Gasteiger partial charge in [-0.1, -0.05) is 48.5 Å². The van der Waals surface area contributed by atoms with Crippen LogP contribution >= 0.6 is 0 Å². The Morgan fingerprint density at radius 1 is 0.850 bits per heavy atom. The Morgan fingerprint density at radius 2 is 1.55 bits per heavy atom. The van der Waals surface area contributed by atoms with E-state index in [1.807, 2.05) is 36.4 Å². The maximum absolute atomic E-state index is 13.5. The van der Waals surface area contributed by atoms with Crippen LogP contribution < -0.4 is 10.2 Å². The van der Waals surface area contributed by atoms with Gasteiger partial charge in [0.1, 0.15) is 53.4 Å². The van der Waals surface area contributed by atoms with Gasteiger partial charge in [0, 0.05) is 16.8 Å². The number of nitrogens with zero attached hydrogens (tertiary/aromatic N) is 1. The third-order valence-corrected chi connectivity index (χ3v) is 7.47. The quantitative estimate of drug-likeness (QED) is 0.212. The molecule has 2 aromatic heterocycles. The van der Waals surface area contributed by atoms with Crippen LogP contribution in [-0.2, 0) is 4.74 Å². The van der Waals surface area contributed by atoms with E-state index in [-0.39, 0.29) is 27.7 Å². The van der Waals surface area contributed by atoms with E-state index in [1.54, 1.807) is 0 Å². The van der Waals surface area contributed by atoms with Crippen LogP contribution in [0.1, 0.15) is 0 Å². The first-order chi connectivity index (χ1) is 19.4. The molecule has 0 unspecified atom stereocenters. The summed E-state index contributed by atoms with van der Waals surface area (Å²) in [6, 6.07) is 20.5. The molecular formula is C30H24N2O8. The molecule has 4 aromatic carbocycles. The summed E-state index contributed by atoms with van der Waals surface area (Å²) in [6.07, 6.45) is -5.77. The van der Waals surface area contributed by atoms with Gasteiger partial charge in [0.05, 0.1) is 23.0 Å². The number of aliphatic hydroxyl groups is 4.